The van der Waals surface area contributed by atoms with Crippen molar-refractivity contribution in [2.24, 2.45) is 7.05 Å². The van der Waals surface area contributed by atoms with Crippen molar-refractivity contribution in [2.45, 2.75) is 11.8 Å². The predicted molar refractivity (Wildman–Crippen MR) is 70.2 cm³/mol. The highest BCUT2D eigenvalue weighted by Gasteiger charge is 2.30. The van der Waals surface area contributed by atoms with Gasteiger partial charge in [0.2, 0.25) is 10.0 Å². The van der Waals surface area contributed by atoms with E-state index >= 15 is 0 Å². The Morgan fingerprint density at radius 2 is 1.95 bits per heavy atom. The van der Waals surface area contributed by atoms with Gasteiger partial charge in [-0.05, 0) is 6.92 Å². The third-order valence-corrected chi connectivity index (χ3v) is 5.34. The third-order valence-electron chi connectivity index (χ3n) is 3.33. The average molecular weight is 288 g/mol. The minimum atomic E-state index is -3.45. The molecule has 1 aliphatic heterocycles. The normalized spacial score (nSPS) is 18.9. The summed E-state index contributed by atoms with van der Waals surface area (Å²) in [6.07, 6.45) is 1.55. The number of hydrogen-bond acceptors (Lipinski definition) is 5. The number of hydrogen-bond donors (Lipinski definition) is 1. The number of aliphatic hydroxyl groups excluding tert-OH is 1. The summed E-state index contributed by atoms with van der Waals surface area (Å²) >= 11 is 0. The molecule has 0 aromatic carbocycles. The molecule has 19 heavy (non-hydrogen) atoms. The summed E-state index contributed by atoms with van der Waals surface area (Å²) < 4.78 is 28.0. The van der Waals surface area contributed by atoms with Gasteiger partial charge < -0.3 is 5.11 Å². The first-order valence-electron chi connectivity index (χ1n) is 6.29. The van der Waals surface area contributed by atoms with E-state index in [1.54, 1.807) is 20.2 Å². The Kier molecular flexibility index (Phi) is 4.24. The van der Waals surface area contributed by atoms with Crippen LogP contribution in [-0.4, -0.2) is 71.8 Å². The fourth-order valence-corrected chi connectivity index (χ4v) is 3.93. The van der Waals surface area contributed by atoms with Crippen LogP contribution in [0.25, 0.3) is 0 Å². The van der Waals surface area contributed by atoms with E-state index in [0.29, 0.717) is 38.4 Å². The molecule has 0 spiro atoms. The molecule has 1 aromatic rings. The summed E-state index contributed by atoms with van der Waals surface area (Å²) in [6, 6.07) is 0. The minimum absolute atomic E-state index is 0.106. The molecule has 1 N–H and O–H groups in total. The van der Waals surface area contributed by atoms with E-state index in [-0.39, 0.29) is 11.5 Å². The van der Waals surface area contributed by atoms with Crippen molar-refractivity contribution in [3.05, 3.63) is 11.9 Å². The standard InChI is InChI=1S/C11H20N4O3S/c1-10-11(9-13(2)12-10)19(17,18)15-5-3-14(4-6-15)7-8-16/h9,16H,3-8H2,1-2H3. The van der Waals surface area contributed by atoms with Gasteiger partial charge in [0.15, 0.2) is 0 Å². The summed E-state index contributed by atoms with van der Waals surface area (Å²) in [4.78, 5) is 2.34. The van der Waals surface area contributed by atoms with Crippen LogP contribution < -0.4 is 0 Å². The van der Waals surface area contributed by atoms with Crippen LogP contribution in [0, 0.1) is 6.92 Å². The fraction of sp³-hybridized carbons (Fsp3) is 0.727. The van der Waals surface area contributed by atoms with E-state index in [2.05, 4.69) is 10.00 Å². The Morgan fingerprint density at radius 3 is 2.42 bits per heavy atom. The molecule has 0 unspecified atom stereocenters. The second-order valence-electron chi connectivity index (χ2n) is 4.72. The number of aryl methyl sites for hydroxylation is 2. The van der Waals surface area contributed by atoms with Gasteiger partial charge in [-0.15, -0.1) is 0 Å². The molecule has 1 aliphatic rings. The molecule has 0 atom stereocenters. The monoisotopic (exact) mass is 288 g/mol. The Labute approximate surface area is 113 Å². The number of sulfonamides is 1. The van der Waals surface area contributed by atoms with Gasteiger partial charge in [-0.3, -0.25) is 9.58 Å². The number of piperazine rings is 1. The minimum Gasteiger partial charge on any atom is -0.395 e. The van der Waals surface area contributed by atoms with Gasteiger partial charge >= 0.3 is 0 Å². The van der Waals surface area contributed by atoms with Crippen LogP contribution in [0.5, 0.6) is 0 Å². The zero-order valence-electron chi connectivity index (χ0n) is 11.3. The third kappa shape index (κ3) is 2.97. The summed E-state index contributed by atoms with van der Waals surface area (Å²) in [5, 5.41) is 13.0. The Morgan fingerprint density at radius 1 is 1.32 bits per heavy atom. The Bertz CT molecular complexity index is 532. The van der Waals surface area contributed by atoms with Crippen molar-refractivity contribution in [1.29, 1.82) is 0 Å². The molecule has 0 bridgehead atoms. The SMILES string of the molecule is Cc1nn(C)cc1S(=O)(=O)N1CCN(CCO)CC1. The Balaban J connectivity index is 2.12. The summed E-state index contributed by atoms with van der Waals surface area (Å²) in [5.74, 6) is 0. The van der Waals surface area contributed by atoms with E-state index in [1.807, 2.05) is 0 Å². The summed E-state index contributed by atoms with van der Waals surface area (Å²) in [5.41, 5.74) is 0.528. The van der Waals surface area contributed by atoms with Crippen LogP contribution in [0.1, 0.15) is 5.69 Å². The van der Waals surface area contributed by atoms with E-state index in [4.69, 9.17) is 5.11 Å². The summed E-state index contributed by atoms with van der Waals surface area (Å²) in [7, 11) is -1.74. The van der Waals surface area contributed by atoms with Crippen molar-refractivity contribution in [1.82, 2.24) is 19.0 Å². The first kappa shape index (κ1) is 14.4. The van der Waals surface area contributed by atoms with E-state index in [0.717, 1.165) is 0 Å². The molecular formula is C11H20N4O3S. The second-order valence-corrected chi connectivity index (χ2v) is 6.63. The second kappa shape index (κ2) is 5.58. The van der Waals surface area contributed by atoms with Crippen molar-refractivity contribution in [2.75, 3.05) is 39.3 Å². The molecular weight excluding hydrogens is 268 g/mol. The van der Waals surface area contributed by atoms with E-state index in [1.165, 1.54) is 8.99 Å². The smallest absolute Gasteiger partial charge is 0.246 e. The number of β-amino-alcohol motifs (C(OH)–C–C–N with tert-alkyl or cyclic N) is 1. The van der Waals surface area contributed by atoms with Crippen LogP contribution in [0.4, 0.5) is 0 Å². The number of nitrogens with zero attached hydrogens (tertiary/aromatic N) is 4. The average Bonchev–Trinajstić information content (AvgIpc) is 2.70. The lowest BCUT2D eigenvalue weighted by Crippen LogP contribution is -2.49. The first-order chi connectivity index (χ1) is 8.95. The number of rotatable bonds is 4. The molecule has 1 aromatic heterocycles. The maximum Gasteiger partial charge on any atom is 0.246 e. The number of aliphatic hydroxyl groups is 1. The lowest BCUT2D eigenvalue weighted by Gasteiger charge is -2.33. The highest BCUT2D eigenvalue weighted by molar-refractivity contribution is 7.89. The molecule has 2 heterocycles. The van der Waals surface area contributed by atoms with Crippen LogP contribution in [0.15, 0.2) is 11.1 Å². The molecule has 0 radical (unpaired) electrons. The molecule has 0 aliphatic carbocycles. The lowest BCUT2D eigenvalue weighted by molar-refractivity contribution is 0.151. The summed E-state index contributed by atoms with van der Waals surface area (Å²) in [6.45, 7) is 4.62. The van der Waals surface area contributed by atoms with Crippen LogP contribution in [0.3, 0.4) is 0 Å². The van der Waals surface area contributed by atoms with Gasteiger partial charge in [0.05, 0.1) is 12.3 Å². The molecule has 0 amide bonds. The Hall–Kier alpha value is -0.960. The maximum absolute atomic E-state index is 12.5. The predicted octanol–water partition coefficient (Wildman–Crippen LogP) is -0.973. The van der Waals surface area contributed by atoms with Crippen molar-refractivity contribution in [3.8, 4) is 0 Å². The van der Waals surface area contributed by atoms with E-state index < -0.39 is 10.0 Å². The maximum atomic E-state index is 12.5. The molecule has 8 heteroatoms. The molecule has 0 saturated carbocycles. The number of aromatic nitrogens is 2. The zero-order valence-corrected chi connectivity index (χ0v) is 12.1. The lowest BCUT2D eigenvalue weighted by atomic mass is 10.4. The van der Waals surface area contributed by atoms with Gasteiger partial charge in [0, 0.05) is 46.0 Å². The van der Waals surface area contributed by atoms with Crippen LogP contribution >= 0.6 is 0 Å². The molecule has 1 fully saturated rings. The molecule has 2 rings (SSSR count). The van der Waals surface area contributed by atoms with E-state index in [9.17, 15) is 8.42 Å². The first-order valence-corrected chi connectivity index (χ1v) is 7.73. The highest BCUT2D eigenvalue weighted by Crippen LogP contribution is 2.19. The van der Waals surface area contributed by atoms with Crippen molar-refractivity contribution >= 4 is 10.0 Å². The van der Waals surface area contributed by atoms with Crippen LogP contribution in [0.2, 0.25) is 0 Å². The topological polar surface area (TPSA) is 78.7 Å². The molecule has 7 nitrogen and oxygen atoms in total. The van der Waals surface area contributed by atoms with Crippen molar-refractivity contribution < 1.29 is 13.5 Å². The highest BCUT2D eigenvalue weighted by atomic mass is 32.2. The zero-order chi connectivity index (χ0) is 14.0. The van der Waals surface area contributed by atoms with Gasteiger partial charge in [-0.1, -0.05) is 0 Å². The van der Waals surface area contributed by atoms with Gasteiger partial charge in [-0.2, -0.15) is 9.40 Å². The van der Waals surface area contributed by atoms with Gasteiger partial charge in [0.1, 0.15) is 4.90 Å². The largest absolute Gasteiger partial charge is 0.395 e. The van der Waals surface area contributed by atoms with Crippen molar-refractivity contribution in [3.63, 3.8) is 0 Å². The van der Waals surface area contributed by atoms with Gasteiger partial charge in [0.25, 0.3) is 0 Å². The quantitative estimate of drug-likeness (QED) is 0.771. The van der Waals surface area contributed by atoms with Crippen LogP contribution in [-0.2, 0) is 17.1 Å². The van der Waals surface area contributed by atoms with Gasteiger partial charge in [-0.25, -0.2) is 8.42 Å². The fourth-order valence-electron chi connectivity index (χ4n) is 2.31. The molecule has 108 valence electrons. The molecule has 1 saturated heterocycles.